The van der Waals surface area contributed by atoms with Crippen LogP contribution in [-0.4, -0.2) is 11.0 Å². The summed E-state index contributed by atoms with van der Waals surface area (Å²) >= 11 is 5.91. The fourth-order valence-electron chi connectivity index (χ4n) is 2.66. The van der Waals surface area contributed by atoms with E-state index in [1.54, 1.807) is 31.2 Å². The van der Waals surface area contributed by atoms with E-state index in [0.717, 1.165) is 5.56 Å². The van der Waals surface area contributed by atoms with Crippen molar-refractivity contribution in [3.05, 3.63) is 74.6 Å². The molecule has 25 heavy (non-hydrogen) atoms. The molecule has 0 fully saturated rings. The molecule has 0 bridgehead atoms. The number of carbonyl (C=O) groups is 1. The molecule has 128 valence electrons. The smallest absolute Gasteiger partial charge is 0.340 e. The fourth-order valence-corrected chi connectivity index (χ4v) is 2.87. The highest BCUT2D eigenvalue weighted by atomic mass is 35.5. The molecule has 0 aliphatic carbocycles. The molecule has 0 saturated carbocycles. The molecule has 0 atom stereocenters. The minimum atomic E-state index is -0.575. The number of hydrogen-bond acceptors (Lipinski definition) is 4. The van der Waals surface area contributed by atoms with E-state index < -0.39 is 5.63 Å². The molecule has 0 aliphatic heterocycles. The van der Waals surface area contributed by atoms with Gasteiger partial charge in [0.1, 0.15) is 11.3 Å². The minimum Gasteiger partial charge on any atom is -0.508 e. The Morgan fingerprint density at radius 1 is 1.24 bits per heavy atom. The zero-order chi connectivity index (χ0) is 18.0. The van der Waals surface area contributed by atoms with Crippen molar-refractivity contribution in [2.75, 3.05) is 0 Å². The van der Waals surface area contributed by atoms with Crippen molar-refractivity contribution in [2.45, 2.75) is 19.9 Å². The number of nitrogens with one attached hydrogen (secondary N) is 1. The first-order valence-corrected chi connectivity index (χ1v) is 8.08. The van der Waals surface area contributed by atoms with E-state index in [1.807, 2.05) is 6.07 Å². The number of rotatable bonds is 4. The van der Waals surface area contributed by atoms with E-state index in [0.29, 0.717) is 33.7 Å². The van der Waals surface area contributed by atoms with Crippen LogP contribution in [0.15, 0.2) is 51.7 Å². The molecule has 3 aromatic rings. The molecule has 0 spiro atoms. The predicted molar refractivity (Wildman–Crippen MR) is 95.9 cm³/mol. The van der Waals surface area contributed by atoms with Crippen LogP contribution in [0.25, 0.3) is 11.0 Å². The number of fused-ring (bicyclic) bond motifs is 1. The molecular weight excluding hydrogens is 342 g/mol. The molecule has 0 radical (unpaired) electrons. The monoisotopic (exact) mass is 357 g/mol. The van der Waals surface area contributed by atoms with Gasteiger partial charge in [-0.1, -0.05) is 23.7 Å². The number of hydrogen-bond donors (Lipinski definition) is 2. The largest absolute Gasteiger partial charge is 0.508 e. The van der Waals surface area contributed by atoms with Crippen LogP contribution in [0, 0.1) is 6.92 Å². The topological polar surface area (TPSA) is 79.5 Å². The second-order valence-corrected chi connectivity index (χ2v) is 6.19. The number of aryl methyl sites for hydroxylation is 1. The van der Waals surface area contributed by atoms with Gasteiger partial charge in [0.25, 0.3) is 0 Å². The summed E-state index contributed by atoms with van der Waals surface area (Å²) in [5.74, 6) is -0.268. The van der Waals surface area contributed by atoms with E-state index in [4.69, 9.17) is 16.0 Å². The Morgan fingerprint density at radius 2 is 2.04 bits per heavy atom. The molecule has 5 nitrogen and oxygen atoms in total. The van der Waals surface area contributed by atoms with Gasteiger partial charge in [0, 0.05) is 23.0 Å². The first-order valence-electron chi connectivity index (χ1n) is 7.70. The molecule has 0 unspecified atom stereocenters. The summed E-state index contributed by atoms with van der Waals surface area (Å²) in [4.78, 5) is 24.4. The van der Waals surface area contributed by atoms with Crippen molar-refractivity contribution in [1.29, 1.82) is 0 Å². The van der Waals surface area contributed by atoms with Crippen LogP contribution in [0.5, 0.6) is 5.75 Å². The fraction of sp³-hybridized carbons (Fsp3) is 0.158. The number of halogens is 1. The lowest BCUT2D eigenvalue weighted by molar-refractivity contribution is -0.120. The summed E-state index contributed by atoms with van der Waals surface area (Å²) in [5.41, 5.74) is 1.57. The van der Waals surface area contributed by atoms with Crippen LogP contribution in [0.1, 0.15) is 16.7 Å². The number of amides is 1. The maximum absolute atomic E-state index is 12.2. The van der Waals surface area contributed by atoms with Crippen molar-refractivity contribution in [3.8, 4) is 5.75 Å². The summed E-state index contributed by atoms with van der Waals surface area (Å²) in [6.45, 7) is 2.08. The van der Waals surface area contributed by atoms with Gasteiger partial charge in [0.05, 0.1) is 12.0 Å². The molecule has 1 heterocycles. The van der Waals surface area contributed by atoms with Gasteiger partial charge in [-0.05, 0) is 42.3 Å². The molecule has 3 rings (SSSR count). The Kier molecular flexibility index (Phi) is 4.76. The zero-order valence-corrected chi connectivity index (χ0v) is 14.3. The summed E-state index contributed by atoms with van der Waals surface area (Å²) in [7, 11) is 0. The van der Waals surface area contributed by atoms with E-state index >= 15 is 0 Å². The first kappa shape index (κ1) is 17.0. The van der Waals surface area contributed by atoms with Gasteiger partial charge in [-0.2, -0.15) is 0 Å². The Balaban J connectivity index is 1.79. The summed E-state index contributed by atoms with van der Waals surface area (Å²) in [5, 5.41) is 13.5. The lowest BCUT2D eigenvalue weighted by Gasteiger charge is -2.09. The number of phenols is 1. The SMILES string of the molecule is Cc1c(CC(=O)NCc2cccc(Cl)c2)c(=O)oc2cc(O)ccc12. The van der Waals surface area contributed by atoms with Gasteiger partial charge in [-0.25, -0.2) is 4.79 Å². The van der Waals surface area contributed by atoms with Crippen LogP contribution in [0.3, 0.4) is 0 Å². The Bertz CT molecular complexity index is 1010. The average molecular weight is 358 g/mol. The summed E-state index contributed by atoms with van der Waals surface area (Å²) in [6.07, 6.45) is -0.0778. The Morgan fingerprint density at radius 3 is 2.80 bits per heavy atom. The van der Waals surface area contributed by atoms with Crippen molar-refractivity contribution in [1.82, 2.24) is 5.32 Å². The highest BCUT2D eigenvalue weighted by molar-refractivity contribution is 6.30. The van der Waals surface area contributed by atoms with Gasteiger partial charge >= 0.3 is 5.63 Å². The molecule has 2 N–H and O–H groups in total. The molecule has 0 aliphatic rings. The zero-order valence-electron chi connectivity index (χ0n) is 13.5. The quantitative estimate of drug-likeness (QED) is 0.702. The van der Waals surface area contributed by atoms with Gasteiger partial charge < -0.3 is 14.8 Å². The number of carbonyl (C=O) groups excluding carboxylic acids is 1. The van der Waals surface area contributed by atoms with Gasteiger partial charge in [-0.15, -0.1) is 0 Å². The molecular formula is C19H16ClNO4. The normalized spacial score (nSPS) is 10.8. The standard InChI is InChI=1S/C19H16ClNO4/c1-11-15-6-5-14(22)8-17(15)25-19(24)16(11)9-18(23)21-10-12-3-2-4-13(20)7-12/h2-8,22H,9-10H2,1H3,(H,21,23). The Labute approximate surface area is 148 Å². The third kappa shape index (κ3) is 3.83. The van der Waals surface area contributed by atoms with Gasteiger partial charge in [0.2, 0.25) is 5.91 Å². The van der Waals surface area contributed by atoms with E-state index in [9.17, 15) is 14.7 Å². The molecule has 1 amide bonds. The van der Waals surface area contributed by atoms with Crippen LogP contribution < -0.4 is 10.9 Å². The maximum Gasteiger partial charge on any atom is 0.340 e. The van der Waals surface area contributed by atoms with Crippen molar-refractivity contribution >= 4 is 28.5 Å². The van der Waals surface area contributed by atoms with E-state index in [2.05, 4.69) is 5.32 Å². The molecule has 6 heteroatoms. The summed E-state index contributed by atoms with van der Waals surface area (Å²) < 4.78 is 5.22. The van der Waals surface area contributed by atoms with Crippen molar-refractivity contribution < 1.29 is 14.3 Å². The number of aromatic hydroxyl groups is 1. The third-order valence-electron chi connectivity index (χ3n) is 3.99. The summed E-state index contributed by atoms with van der Waals surface area (Å²) in [6, 6.07) is 11.7. The second-order valence-electron chi connectivity index (χ2n) is 5.76. The number of phenolic OH excluding ortho intramolecular Hbond substituents is 1. The van der Waals surface area contributed by atoms with Gasteiger partial charge in [-0.3, -0.25) is 4.79 Å². The minimum absolute atomic E-state index is 0.0158. The highest BCUT2D eigenvalue weighted by Gasteiger charge is 2.15. The molecule has 2 aromatic carbocycles. The number of benzene rings is 2. The Hall–Kier alpha value is -2.79. The second kappa shape index (κ2) is 6.99. The first-order chi connectivity index (χ1) is 11.9. The molecule has 0 saturated heterocycles. The van der Waals surface area contributed by atoms with Crippen LogP contribution >= 0.6 is 11.6 Å². The average Bonchev–Trinajstić information content (AvgIpc) is 2.56. The predicted octanol–water partition coefficient (Wildman–Crippen LogP) is 3.32. The van der Waals surface area contributed by atoms with E-state index in [1.165, 1.54) is 12.1 Å². The van der Waals surface area contributed by atoms with Gasteiger partial charge in [0.15, 0.2) is 0 Å². The molecule has 1 aromatic heterocycles. The highest BCUT2D eigenvalue weighted by Crippen LogP contribution is 2.23. The van der Waals surface area contributed by atoms with Crippen LogP contribution in [-0.2, 0) is 17.8 Å². The van der Waals surface area contributed by atoms with Crippen LogP contribution in [0.4, 0.5) is 0 Å². The third-order valence-corrected chi connectivity index (χ3v) is 4.22. The van der Waals surface area contributed by atoms with Crippen molar-refractivity contribution in [3.63, 3.8) is 0 Å². The van der Waals surface area contributed by atoms with Crippen molar-refractivity contribution in [2.24, 2.45) is 0 Å². The lowest BCUT2D eigenvalue weighted by Crippen LogP contribution is -2.27. The van der Waals surface area contributed by atoms with Crippen LogP contribution in [0.2, 0.25) is 5.02 Å². The maximum atomic E-state index is 12.2. The van der Waals surface area contributed by atoms with E-state index in [-0.39, 0.29) is 18.1 Å². The lowest BCUT2D eigenvalue weighted by atomic mass is 10.0.